The van der Waals surface area contributed by atoms with Crippen molar-refractivity contribution in [3.05, 3.63) is 58.1 Å². The maximum atomic E-state index is 6.56. The lowest BCUT2D eigenvalue weighted by Crippen LogP contribution is -2.30. The first-order chi connectivity index (χ1) is 13.2. The van der Waals surface area contributed by atoms with Gasteiger partial charge in [-0.2, -0.15) is 0 Å². The lowest BCUT2D eigenvalue weighted by atomic mass is 9.95. The minimum atomic E-state index is 0.503. The highest BCUT2D eigenvalue weighted by molar-refractivity contribution is 6.31. The van der Waals surface area contributed by atoms with E-state index in [1.54, 1.807) is 0 Å². The Morgan fingerprint density at radius 2 is 1.74 bits per heavy atom. The average Bonchev–Trinajstić information content (AvgIpc) is 2.69. The normalized spacial score (nSPS) is 14.9. The van der Waals surface area contributed by atoms with Gasteiger partial charge in [0.1, 0.15) is 6.61 Å². The van der Waals surface area contributed by atoms with Crippen LogP contribution in [0.2, 0.25) is 5.02 Å². The molecule has 1 aliphatic carbocycles. The van der Waals surface area contributed by atoms with Gasteiger partial charge in [0.15, 0.2) is 11.5 Å². The van der Waals surface area contributed by atoms with Crippen molar-refractivity contribution >= 4 is 11.6 Å². The highest BCUT2D eigenvalue weighted by Crippen LogP contribution is 2.34. The van der Waals surface area contributed by atoms with E-state index in [9.17, 15) is 0 Å². The van der Waals surface area contributed by atoms with E-state index in [4.69, 9.17) is 21.1 Å². The van der Waals surface area contributed by atoms with Crippen molar-refractivity contribution < 1.29 is 9.47 Å². The van der Waals surface area contributed by atoms with Crippen molar-refractivity contribution in [2.45, 2.75) is 65.1 Å². The van der Waals surface area contributed by atoms with Crippen LogP contribution < -0.4 is 14.8 Å². The second-order valence-corrected chi connectivity index (χ2v) is 7.66. The van der Waals surface area contributed by atoms with E-state index in [0.717, 1.165) is 22.9 Å². The zero-order valence-electron chi connectivity index (χ0n) is 16.4. The molecule has 1 saturated carbocycles. The number of halogens is 1. The van der Waals surface area contributed by atoms with E-state index >= 15 is 0 Å². The Labute approximate surface area is 168 Å². The molecule has 1 aliphatic rings. The molecule has 1 N–H and O–H groups in total. The van der Waals surface area contributed by atoms with Gasteiger partial charge in [0.25, 0.3) is 0 Å². The number of rotatable bonds is 8. The summed E-state index contributed by atoms with van der Waals surface area (Å²) in [6, 6.07) is 12.8. The molecule has 0 spiro atoms. The van der Waals surface area contributed by atoms with Crippen molar-refractivity contribution in [3.63, 3.8) is 0 Å². The van der Waals surface area contributed by atoms with Crippen LogP contribution in [-0.2, 0) is 13.2 Å². The second kappa shape index (κ2) is 10.0. The minimum absolute atomic E-state index is 0.503. The number of aryl methyl sites for hydroxylation is 1. The minimum Gasteiger partial charge on any atom is -0.490 e. The van der Waals surface area contributed by atoms with Crippen LogP contribution in [-0.4, -0.2) is 12.6 Å². The van der Waals surface area contributed by atoms with E-state index in [-0.39, 0.29) is 0 Å². The van der Waals surface area contributed by atoms with Crippen molar-refractivity contribution in [3.8, 4) is 11.5 Å². The molecule has 1 fully saturated rings. The standard InChI is InChI=1S/C23H30ClNO2/c1-3-26-22-13-19(15-25-20-11-5-4-6-12-20)21(24)14-23(22)27-16-18-10-8-7-9-17(18)2/h7-10,13-14,20,25H,3-6,11-12,15-16H2,1-2H3. The van der Waals surface area contributed by atoms with E-state index in [0.29, 0.717) is 25.0 Å². The molecule has 0 atom stereocenters. The van der Waals surface area contributed by atoms with Crippen LogP contribution in [0.3, 0.4) is 0 Å². The zero-order chi connectivity index (χ0) is 19.1. The number of nitrogens with one attached hydrogen (secondary N) is 1. The van der Waals surface area contributed by atoms with E-state index < -0.39 is 0 Å². The molecule has 0 radical (unpaired) electrons. The van der Waals surface area contributed by atoms with Gasteiger partial charge in [0, 0.05) is 23.7 Å². The Hall–Kier alpha value is -1.71. The molecule has 0 aliphatic heterocycles. The van der Waals surface area contributed by atoms with Crippen molar-refractivity contribution in [1.82, 2.24) is 5.32 Å². The molecule has 3 nitrogen and oxygen atoms in total. The van der Waals surface area contributed by atoms with Gasteiger partial charge >= 0.3 is 0 Å². The van der Waals surface area contributed by atoms with Crippen molar-refractivity contribution in [2.24, 2.45) is 0 Å². The SMILES string of the molecule is CCOc1cc(CNC2CCCCC2)c(Cl)cc1OCc1ccccc1C. The van der Waals surface area contributed by atoms with Crippen LogP contribution in [0, 0.1) is 6.92 Å². The van der Waals surface area contributed by atoms with Crippen LogP contribution >= 0.6 is 11.6 Å². The fourth-order valence-electron chi connectivity index (χ4n) is 3.58. The number of hydrogen-bond acceptors (Lipinski definition) is 3. The third kappa shape index (κ3) is 5.63. The first-order valence-electron chi connectivity index (χ1n) is 10.0. The third-order valence-corrected chi connectivity index (χ3v) is 5.60. The topological polar surface area (TPSA) is 30.5 Å². The lowest BCUT2D eigenvalue weighted by Gasteiger charge is -2.23. The Kier molecular flexibility index (Phi) is 7.42. The number of benzene rings is 2. The maximum Gasteiger partial charge on any atom is 0.163 e. The lowest BCUT2D eigenvalue weighted by molar-refractivity contribution is 0.268. The van der Waals surface area contributed by atoms with Gasteiger partial charge in [-0.25, -0.2) is 0 Å². The molecular formula is C23H30ClNO2. The van der Waals surface area contributed by atoms with Gasteiger partial charge < -0.3 is 14.8 Å². The van der Waals surface area contributed by atoms with Crippen LogP contribution in [0.25, 0.3) is 0 Å². The molecule has 0 saturated heterocycles. The molecule has 0 bridgehead atoms. The summed E-state index contributed by atoms with van der Waals surface area (Å²) in [5.41, 5.74) is 3.45. The van der Waals surface area contributed by atoms with E-state index in [2.05, 4.69) is 24.4 Å². The average molecular weight is 388 g/mol. The molecular weight excluding hydrogens is 358 g/mol. The van der Waals surface area contributed by atoms with E-state index in [1.807, 2.05) is 31.2 Å². The molecule has 0 aromatic heterocycles. The van der Waals surface area contributed by atoms with Gasteiger partial charge in [-0.1, -0.05) is 55.1 Å². The summed E-state index contributed by atoms with van der Waals surface area (Å²) in [5.74, 6) is 1.46. The predicted molar refractivity (Wildman–Crippen MR) is 112 cm³/mol. The molecule has 0 heterocycles. The molecule has 146 valence electrons. The Morgan fingerprint density at radius 1 is 1.00 bits per heavy atom. The first kappa shape index (κ1) is 20.0. The van der Waals surface area contributed by atoms with Gasteiger partial charge in [-0.3, -0.25) is 0 Å². The summed E-state index contributed by atoms with van der Waals surface area (Å²) >= 11 is 6.56. The summed E-state index contributed by atoms with van der Waals surface area (Å²) in [6.45, 7) is 5.94. The molecule has 0 unspecified atom stereocenters. The number of hydrogen-bond donors (Lipinski definition) is 1. The Morgan fingerprint density at radius 3 is 2.48 bits per heavy atom. The maximum absolute atomic E-state index is 6.56. The summed E-state index contributed by atoms with van der Waals surface area (Å²) in [7, 11) is 0. The van der Waals surface area contributed by atoms with Crippen LogP contribution in [0.15, 0.2) is 36.4 Å². The summed E-state index contributed by atoms with van der Waals surface area (Å²) in [4.78, 5) is 0. The smallest absolute Gasteiger partial charge is 0.163 e. The zero-order valence-corrected chi connectivity index (χ0v) is 17.1. The van der Waals surface area contributed by atoms with Gasteiger partial charge in [-0.15, -0.1) is 0 Å². The van der Waals surface area contributed by atoms with Gasteiger partial charge in [0.2, 0.25) is 0 Å². The molecule has 27 heavy (non-hydrogen) atoms. The summed E-state index contributed by atoms with van der Waals surface area (Å²) < 4.78 is 11.9. The quantitative estimate of drug-likeness (QED) is 0.598. The summed E-state index contributed by atoms with van der Waals surface area (Å²) in [5, 5.41) is 4.38. The van der Waals surface area contributed by atoms with Crippen molar-refractivity contribution in [1.29, 1.82) is 0 Å². The fourth-order valence-corrected chi connectivity index (χ4v) is 3.80. The molecule has 4 heteroatoms. The van der Waals surface area contributed by atoms with Crippen molar-refractivity contribution in [2.75, 3.05) is 6.61 Å². The van der Waals surface area contributed by atoms with Crippen LogP contribution in [0.5, 0.6) is 11.5 Å². The number of ether oxygens (including phenoxy) is 2. The first-order valence-corrected chi connectivity index (χ1v) is 10.4. The Bertz CT molecular complexity index is 741. The highest BCUT2D eigenvalue weighted by Gasteiger charge is 2.15. The largest absolute Gasteiger partial charge is 0.490 e. The predicted octanol–water partition coefficient (Wildman–Crippen LogP) is 6.05. The molecule has 3 rings (SSSR count). The molecule has 0 amide bonds. The van der Waals surface area contributed by atoms with Gasteiger partial charge in [-0.05, 0) is 49.4 Å². The molecule has 2 aromatic rings. The monoisotopic (exact) mass is 387 g/mol. The Balaban J connectivity index is 1.70. The van der Waals surface area contributed by atoms with E-state index in [1.165, 1.54) is 43.2 Å². The highest BCUT2D eigenvalue weighted by atomic mass is 35.5. The van der Waals surface area contributed by atoms with Crippen LogP contribution in [0.4, 0.5) is 0 Å². The second-order valence-electron chi connectivity index (χ2n) is 7.25. The summed E-state index contributed by atoms with van der Waals surface area (Å²) in [6.07, 6.45) is 6.52. The fraction of sp³-hybridized carbons (Fsp3) is 0.478. The van der Waals surface area contributed by atoms with Crippen LogP contribution in [0.1, 0.15) is 55.7 Å². The molecule has 2 aromatic carbocycles. The van der Waals surface area contributed by atoms with Gasteiger partial charge in [0.05, 0.1) is 6.61 Å². The third-order valence-electron chi connectivity index (χ3n) is 5.24.